The van der Waals surface area contributed by atoms with Crippen LogP contribution in [-0.4, -0.2) is 72.3 Å². The summed E-state index contributed by atoms with van der Waals surface area (Å²) < 4.78 is 3.02. The third-order valence-corrected chi connectivity index (χ3v) is 7.59. The molecule has 6 aliphatic rings. The number of hydrogen-bond donors (Lipinski definition) is 0. The predicted molar refractivity (Wildman–Crippen MR) is 87.2 cm³/mol. The molecule has 4 heteroatoms. The maximum Gasteiger partial charge on any atom is 0.0789 e. The Bertz CT molecular complexity index is 283. The minimum Gasteiger partial charge on any atom is -0.870 e. The molecule has 0 radical (unpaired) electrons. The number of hydrogen-bond acceptors (Lipinski definition) is 2. The van der Waals surface area contributed by atoms with Crippen molar-refractivity contribution in [2.75, 3.05) is 52.4 Å². The van der Waals surface area contributed by atoms with Gasteiger partial charge in [0.1, 0.15) is 0 Å². The SMILES string of the molecule is C(CC[N+]12CCC(CC1)CC2)C[N+]12CCC(CC1)CC2.[OH-].[OH-]. The van der Waals surface area contributed by atoms with Gasteiger partial charge in [-0.05, 0) is 50.4 Å². The molecule has 6 heterocycles. The van der Waals surface area contributed by atoms with E-state index in [9.17, 15) is 0 Å². The summed E-state index contributed by atoms with van der Waals surface area (Å²) in [4.78, 5) is 0. The van der Waals surface area contributed by atoms with Crippen LogP contribution < -0.4 is 0 Å². The van der Waals surface area contributed by atoms with Crippen LogP contribution in [0.3, 0.4) is 0 Å². The van der Waals surface area contributed by atoms with Crippen molar-refractivity contribution in [3.05, 3.63) is 0 Å². The normalized spacial score (nSPS) is 42.5. The van der Waals surface area contributed by atoms with Crippen molar-refractivity contribution in [2.24, 2.45) is 11.8 Å². The molecular formula is C18H36N2O2. The summed E-state index contributed by atoms with van der Waals surface area (Å²) in [5, 5.41) is 0. The lowest BCUT2D eigenvalue weighted by molar-refractivity contribution is -0.948. The van der Waals surface area contributed by atoms with Crippen LogP contribution in [0.4, 0.5) is 0 Å². The van der Waals surface area contributed by atoms with Gasteiger partial charge in [0.25, 0.3) is 0 Å². The van der Waals surface area contributed by atoms with E-state index in [-0.39, 0.29) is 11.0 Å². The van der Waals surface area contributed by atoms with E-state index in [1.807, 2.05) is 0 Å². The van der Waals surface area contributed by atoms with Crippen LogP contribution in [0.1, 0.15) is 51.4 Å². The first-order chi connectivity index (χ1) is 9.78. The van der Waals surface area contributed by atoms with Crippen molar-refractivity contribution in [2.45, 2.75) is 51.4 Å². The second kappa shape index (κ2) is 7.16. The van der Waals surface area contributed by atoms with Crippen molar-refractivity contribution >= 4 is 0 Å². The molecule has 0 aromatic heterocycles. The van der Waals surface area contributed by atoms with Crippen molar-refractivity contribution < 1.29 is 19.9 Å². The third kappa shape index (κ3) is 3.50. The number of piperidine rings is 6. The van der Waals surface area contributed by atoms with Gasteiger partial charge in [-0.25, -0.2) is 0 Å². The highest BCUT2D eigenvalue weighted by Gasteiger charge is 2.41. The molecule has 6 fully saturated rings. The topological polar surface area (TPSA) is 60.0 Å². The van der Waals surface area contributed by atoms with Crippen LogP contribution in [0.5, 0.6) is 0 Å². The first-order valence-corrected chi connectivity index (χ1v) is 9.48. The summed E-state index contributed by atoms with van der Waals surface area (Å²) in [6, 6.07) is 0. The molecule has 22 heavy (non-hydrogen) atoms. The Labute approximate surface area is 136 Å². The predicted octanol–water partition coefficient (Wildman–Crippen LogP) is 2.67. The molecule has 0 aromatic carbocycles. The van der Waals surface area contributed by atoms with Gasteiger partial charge in [0.2, 0.25) is 0 Å². The average molecular weight is 312 g/mol. The lowest BCUT2D eigenvalue weighted by Gasteiger charge is -2.50. The van der Waals surface area contributed by atoms with Gasteiger partial charge in [-0.15, -0.1) is 0 Å². The maximum atomic E-state index is 1.54. The maximum absolute atomic E-state index is 1.54. The van der Waals surface area contributed by atoms with Gasteiger partial charge in [-0.1, -0.05) is 0 Å². The molecule has 6 aliphatic heterocycles. The van der Waals surface area contributed by atoms with E-state index >= 15 is 0 Å². The molecule has 0 unspecified atom stereocenters. The Balaban J connectivity index is 0.000000882. The summed E-state index contributed by atoms with van der Waals surface area (Å²) in [6.07, 6.45) is 12.3. The molecule has 2 N–H and O–H groups in total. The van der Waals surface area contributed by atoms with Gasteiger partial charge in [0.05, 0.1) is 52.4 Å². The van der Waals surface area contributed by atoms with E-state index in [1.165, 1.54) is 74.2 Å². The molecule has 0 atom stereocenters. The molecule has 130 valence electrons. The quantitative estimate of drug-likeness (QED) is 0.579. The van der Waals surface area contributed by atoms with E-state index in [0.29, 0.717) is 0 Å². The zero-order valence-corrected chi connectivity index (χ0v) is 14.3. The third-order valence-electron chi connectivity index (χ3n) is 7.59. The van der Waals surface area contributed by atoms with Gasteiger partial charge in [0, 0.05) is 12.8 Å². The van der Waals surface area contributed by atoms with Crippen LogP contribution in [0.15, 0.2) is 0 Å². The molecule has 0 aromatic rings. The monoisotopic (exact) mass is 312 g/mol. The van der Waals surface area contributed by atoms with E-state index in [0.717, 1.165) is 11.8 Å². The molecule has 4 nitrogen and oxygen atoms in total. The van der Waals surface area contributed by atoms with E-state index < -0.39 is 0 Å². The van der Waals surface area contributed by atoms with Crippen LogP contribution >= 0.6 is 0 Å². The fraction of sp³-hybridized carbons (Fsp3) is 1.00. The van der Waals surface area contributed by atoms with E-state index in [2.05, 4.69) is 0 Å². The summed E-state index contributed by atoms with van der Waals surface area (Å²) in [5.41, 5.74) is 0. The molecule has 6 rings (SSSR count). The average Bonchev–Trinajstić information content (AvgIpc) is 2.55. The molecular weight excluding hydrogens is 276 g/mol. The largest absolute Gasteiger partial charge is 0.870 e. The minimum atomic E-state index is 0. The van der Waals surface area contributed by atoms with Crippen molar-refractivity contribution in [3.63, 3.8) is 0 Å². The first kappa shape index (κ1) is 18.2. The van der Waals surface area contributed by atoms with E-state index in [1.54, 1.807) is 38.5 Å². The van der Waals surface area contributed by atoms with E-state index in [4.69, 9.17) is 0 Å². The van der Waals surface area contributed by atoms with Gasteiger partial charge in [-0.3, -0.25) is 0 Å². The van der Waals surface area contributed by atoms with Crippen LogP contribution in [-0.2, 0) is 0 Å². The molecule has 4 bridgehead atoms. The summed E-state index contributed by atoms with van der Waals surface area (Å²) in [6.45, 7) is 12.1. The Morgan fingerprint density at radius 2 is 0.773 bits per heavy atom. The Hall–Kier alpha value is -0.160. The van der Waals surface area contributed by atoms with Gasteiger partial charge in [0.15, 0.2) is 0 Å². The number of unbranched alkanes of at least 4 members (excludes halogenated alkanes) is 1. The highest BCUT2D eigenvalue weighted by atomic mass is 16.0. The number of rotatable bonds is 5. The highest BCUT2D eigenvalue weighted by molar-refractivity contribution is 4.73. The first-order valence-electron chi connectivity index (χ1n) is 9.48. The zero-order chi connectivity index (χ0) is 13.5. The number of nitrogens with zero attached hydrogens (tertiary/aromatic N) is 2. The highest BCUT2D eigenvalue weighted by Crippen LogP contribution is 2.35. The van der Waals surface area contributed by atoms with Crippen LogP contribution in [0, 0.1) is 11.8 Å². The lowest BCUT2D eigenvalue weighted by Crippen LogP contribution is -2.59. The fourth-order valence-electron chi connectivity index (χ4n) is 5.84. The van der Waals surface area contributed by atoms with Gasteiger partial charge >= 0.3 is 0 Å². The Morgan fingerprint density at radius 1 is 0.500 bits per heavy atom. The fourth-order valence-corrected chi connectivity index (χ4v) is 5.84. The van der Waals surface area contributed by atoms with Crippen LogP contribution in [0.2, 0.25) is 0 Å². The van der Waals surface area contributed by atoms with Gasteiger partial charge in [-0.2, -0.15) is 0 Å². The van der Waals surface area contributed by atoms with Gasteiger partial charge < -0.3 is 19.9 Å². The number of fused-ring (bicyclic) bond motifs is 6. The second-order valence-corrected chi connectivity index (χ2v) is 8.64. The molecule has 0 aliphatic carbocycles. The molecule has 6 saturated heterocycles. The summed E-state index contributed by atoms with van der Waals surface area (Å²) >= 11 is 0. The van der Waals surface area contributed by atoms with Crippen LogP contribution in [0.25, 0.3) is 0 Å². The van der Waals surface area contributed by atoms with Crippen molar-refractivity contribution in [3.8, 4) is 0 Å². The molecule has 0 spiro atoms. The summed E-state index contributed by atoms with van der Waals surface area (Å²) in [5.74, 6) is 2.23. The lowest BCUT2D eigenvalue weighted by atomic mass is 9.85. The zero-order valence-electron chi connectivity index (χ0n) is 14.3. The van der Waals surface area contributed by atoms with Crippen molar-refractivity contribution in [1.82, 2.24) is 0 Å². The number of quaternary nitrogens is 2. The molecule has 0 saturated carbocycles. The Morgan fingerprint density at radius 3 is 1.05 bits per heavy atom. The summed E-state index contributed by atoms with van der Waals surface area (Å²) in [7, 11) is 0. The Kier molecular flexibility index (Phi) is 5.92. The second-order valence-electron chi connectivity index (χ2n) is 8.64. The standard InChI is InChI=1S/C18H34N2.2H2O/c1(9-19-11-3-17(4-12-19)5-13-19)2-10-20-14-6-18(7-15-20)8-16-20;;/h17-18H,1-16H2;2*1H2/q+2;;/p-2. The van der Waals surface area contributed by atoms with Crippen molar-refractivity contribution in [1.29, 1.82) is 0 Å². The minimum absolute atomic E-state index is 0. The molecule has 0 amide bonds. The smallest absolute Gasteiger partial charge is 0.0789 e.